The number of benzene rings is 1. The lowest BCUT2D eigenvalue weighted by molar-refractivity contribution is -0.136. The summed E-state index contributed by atoms with van der Waals surface area (Å²) in [4.78, 5) is 18.9. The molecule has 1 saturated heterocycles. The molecule has 0 saturated carbocycles. The van der Waals surface area contributed by atoms with E-state index in [9.17, 15) is 9.18 Å². The van der Waals surface area contributed by atoms with Gasteiger partial charge in [0.25, 0.3) is 0 Å². The molecule has 1 aromatic heterocycles. The van der Waals surface area contributed by atoms with Crippen LogP contribution in [0.3, 0.4) is 0 Å². The topological polar surface area (TPSA) is 35.6 Å². The largest absolute Gasteiger partial charge is 0.334 e. The van der Waals surface area contributed by atoms with E-state index in [4.69, 9.17) is 0 Å². The summed E-state index contributed by atoms with van der Waals surface area (Å²) in [6.45, 7) is 5.72. The van der Waals surface area contributed by atoms with Crippen molar-refractivity contribution in [3.8, 4) is 0 Å². The smallest absolute Gasteiger partial charge is 0.237 e. The fourth-order valence-electron chi connectivity index (χ4n) is 4.38. The molecule has 1 N–H and O–H groups in total. The average Bonchev–Trinajstić information content (AvgIpc) is 3.16. The van der Waals surface area contributed by atoms with E-state index in [2.05, 4.69) is 33.5 Å². The molecule has 1 amide bonds. The number of hydrogen-bond acceptors (Lipinski definition) is 4. The Labute approximate surface area is 176 Å². The SMILES string of the molecule is CCC1c2ccsc2CCN1C(=O)CN1CCNCC1c1cccc(F)c1.Cl. The third-order valence-electron chi connectivity index (χ3n) is 5.73. The molecule has 152 valence electrons. The van der Waals surface area contributed by atoms with Crippen molar-refractivity contribution < 1.29 is 9.18 Å². The van der Waals surface area contributed by atoms with Crippen molar-refractivity contribution in [2.75, 3.05) is 32.7 Å². The van der Waals surface area contributed by atoms with E-state index in [-0.39, 0.29) is 36.2 Å². The second kappa shape index (κ2) is 9.35. The van der Waals surface area contributed by atoms with Crippen LogP contribution < -0.4 is 5.32 Å². The highest BCUT2D eigenvalue weighted by Gasteiger charge is 2.33. The molecule has 3 heterocycles. The Morgan fingerprint density at radius 3 is 2.96 bits per heavy atom. The molecule has 2 atom stereocenters. The quantitative estimate of drug-likeness (QED) is 0.812. The zero-order valence-electron chi connectivity index (χ0n) is 16.1. The summed E-state index contributed by atoms with van der Waals surface area (Å²) in [6.07, 6.45) is 1.88. The van der Waals surface area contributed by atoms with Gasteiger partial charge in [-0.1, -0.05) is 19.1 Å². The second-order valence-corrected chi connectivity index (χ2v) is 8.31. The normalized spacial score (nSPS) is 22.4. The van der Waals surface area contributed by atoms with Gasteiger partial charge in [0.15, 0.2) is 0 Å². The first-order valence-electron chi connectivity index (χ1n) is 9.73. The Balaban J connectivity index is 0.00000225. The Bertz CT molecular complexity index is 814. The first-order chi connectivity index (χ1) is 13.2. The number of fused-ring (bicyclic) bond motifs is 1. The molecule has 1 aromatic carbocycles. The van der Waals surface area contributed by atoms with Gasteiger partial charge in [-0.15, -0.1) is 23.7 Å². The fraction of sp³-hybridized carbons (Fsp3) is 0.476. The van der Waals surface area contributed by atoms with E-state index in [1.165, 1.54) is 16.5 Å². The minimum Gasteiger partial charge on any atom is -0.334 e. The Morgan fingerprint density at radius 1 is 1.32 bits per heavy atom. The molecule has 4 nitrogen and oxygen atoms in total. The zero-order valence-corrected chi connectivity index (χ0v) is 17.7. The Kier molecular flexibility index (Phi) is 7.10. The van der Waals surface area contributed by atoms with Gasteiger partial charge in [-0.25, -0.2) is 4.39 Å². The summed E-state index contributed by atoms with van der Waals surface area (Å²) in [5.41, 5.74) is 2.25. The standard InChI is InChI=1S/C21H26FN3OS.ClH/c1-2-18-17-7-11-27-20(17)6-9-25(18)21(26)14-24-10-8-23-13-19(24)15-4-3-5-16(22)12-15;/h3-5,7,11-12,18-19,23H,2,6,8-10,13-14H2,1H3;1H. The number of halogens is 2. The average molecular weight is 424 g/mol. The maximum Gasteiger partial charge on any atom is 0.237 e. The highest BCUT2D eigenvalue weighted by atomic mass is 35.5. The van der Waals surface area contributed by atoms with Gasteiger partial charge in [-0.05, 0) is 47.5 Å². The highest BCUT2D eigenvalue weighted by molar-refractivity contribution is 7.10. The van der Waals surface area contributed by atoms with Gasteiger partial charge in [-0.3, -0.25) is 9.69 Å². The molecule has 2 aliphatic rings. The van der Waals surface area contributed by atoms with Gasteiger partial charge in [0.05, 0.1) is 12.6 Å². The van der Waals surface area contributed by atoms with Crippen molar-refractivity contribution in [2.24, 2.45) is 0 Å². The zero-order chi connectivity index (χ0) is 18.8. The molecule has 2 aromatic rings. The number of carbonyl (C=O) groups is 1. The van der Waals surface area contributed by atoms with Crippen molar-refractivity contribution in [1.82, 2.24) is 15.1 Å². The van der Waals surface area contributed by atoms with Crippen molar-refractivity contribution in [2.45, 2.75) is 31.8 Å². The minimum absolute atomic E-state index is 0. The van der Waals surface area contributed by atoms with Crippen LogP contribution in [0.4, 0.5) is 4.39 Å². The molecule has 2 aliphatic heterocycles. The molecule has 0 aliphatic carbocycles. The van der Waals surface area contributed by atoms with Gasteiger partial charge in [0.2, 0.25) is 5.91 Å². The van der Waals surface area contributed by atoms with Crippen LogP contribution in [-0.4, -0.2) is 48.4 Å². The lowest BCUT2D eigenvalue weighted by Gasteiger charge is -2.40. The third-order valence-corrected chi connectivity index (χ3v) is 6.72. The maximum absolute atomic E-state index is 13.7. The molecular weight excluding hydrogens is 397 g/mol. The van der Waals surface area contributed by atoms with Crippen molar-refractivity contribution in [1.29, 1.82) is 0 Å². The molecule has 28 heavy (non-hydrogen) atoms. The van der Waals surface area contributed by atoms with Crippen molar-refractivity contribution >= 4 is 29.7 Å². The summed E-state index contributed by atoms with van der Waals surface area (Å²) in [7, 11) is 0. The molecule has 0 radical (unpaired) electrons. The lowest BCUT2D eigenvalue weighted by atomic mass is 9.97. The molecule has 2 unspecified atom stereocenters. The lowest BCUT2D eigenvalue weighted by Crippen LogP contribution is -2.51. The number of carbonyl (C=O) groups excluding carboxylic acids is 1. The summed E-state index contributed by atoms with van der Waals surface area (Å²) in [5.74, 6) is -0.0431. The van der Waals surface area contributed by atoms with Crippen LogP contribution in [0.25, 0.3) is 0 Å². The first kappa shape index (κ1) is 21.2. The van der Waals surface area contributed by atoms with Gasteiger partial charge in [-0.2, -0.15) is 0 Å². The van der Waals surface area contributed by atoms with Crippen LogP contribution in [0.1, 0.15) is 41.4 Å². The Hall–Kier alpha value is -1.47. The van der Waals surface area contributed by atoms with Crippen LogP contribution in [0.2, 0.25) is 0 Å². The molecule has 7 heteroatoms. The third kappa shape index (κ3) is 4.25. The van der Waals surface area contributed by atoms with E-state index in [1.54, 1.807) is 23.5 Å². The number of thiophene rings is 1. The Morgan fingerprint density at radius 2 is 2.18 bits per heavy atom. The van der Waals surface area contributed by atoms with E-state index < -0.39 is 0 Å². The van der Waals surface area contributed by atoms with Gasteiger partial charge in [0, 0.05) is 37.1 Å². The maximum atomic E-state index is 13.7. The summed E-state index contributed by atoms with van der Waals surface area (Å²) in [5, 5.41) is 5.51. The van der Waals surface area contributed by atoms with E-state index >= 15 is 0 Å². The van der Waals surface area contributed by atoms with Gasteiger partial charge >= 0.3 is 0 Å². The second-order valence-electron chi connectivity index (χ2n) is 7.31. The summed E-state index contributed by atoms with van der Waals surface area (Å²) in [6, 6.07) is 9.13. The van der Waals surface area contributed by atoms with Crippen molar-refractivity contribution in [3.63, 3.8) is 0 Å². The predicted molar refractivity (Wildman–Crippen MR) is 114 cm³/mol. The fourth-order valence-corrected chi connectivity index (χ4v) is 5.31. The number of nitrogens with one attached hydrogen (secondary N) is 1. The highest BCUT2D eigenvalue weighted by Crippen LogP contribution is 2.35. The number of piperazine rings is 1. The van der Waals surface area contributed by atoms with Gasteiger partial charge in [0.1, 0.15) is 5.82 Å². The van der Waals surface area contributed by atoms with Crippen LogP contribution >= 0.6 is 23.7 Å². The summed E-state index contributed by atoms with van der Waals surface area (Å²) >= 11 is 1.80. The van der Waals surface area contributed by atoms with E-state index in [0.717, 1.165) is 44.6 Å². The van der Waals surface area contributed by atoms with Crippen LogP contribution in [-0.2, 0) is 11.2 Å². The van der Waals surface area contributed by atoms with E-state index in [1.807, 2.05) is 6.07 Å². The molecule has 4 rings (SSSR count). The van der Waals surface area contributed by atoms with E-state index in [0.29, 0.717) is 6.54 Å². The number of hydrogen-bond donors (Lipinski definition) is 1. The first-order valence-corrected chi connectivity index (χ1v) is 10.6. The molecule has 0 bridgehead atoms. The minimum atomic E-state index is -0.226. The van der Waals surface area contributed by atoms with Crippen molar-refractivity contribution in [3.05, 3.63) is 57.5 Å². The molecule has 0 spiro atoms. The monoisotopic (exact) mass is 423 g/mol. The van der Waals surface area contributed by atoms with Gasteiger partial charge < -0.3 is 10.2 Å². The van der Waals surface area contributed by atoms with Crippen LogP contribution in [0.5, 0.6) is 0 Å². The number of nitrogens with zero attached hydrogens (tertiary/aromatic N) is 2. The number of amides is 1. The number of rotatable bonds is 4. The molecule has 1 fully saturated rings. The predicted octanol–water partition coefficient (Wildman–Crippen LogP) is 3.79. The molecular formula is C21H27ClFN3OS. The van der Waals surface area contributed by atoms with Crippen LogP contribution in [0.15, 0.2) is 35.7 Å². The van der Waals surface area contributed by atoms with Crippen LogP contribution in [0, 0.1) is 5.82 Å². The summed E-state index contributed by atoms with van der Waals surface area (Å²) < 4.78 is 13.7.